The number of pyridine rings is 1. The Hall–Kier alpha value is -2.35. The average molecular weight is 290 g/mol. The molecule has 0 aliphatic heterocycles. The molecule has 0 saturated carbocycles. The first kappa shape index (κ1) is 14.6. The number of hydrogen-bond donors (Lipinski definition) is 1. The second kappa shape index (κ2) is 6.18. The van der Waals surface area contributed by atoms with Crippen LogP contribution in [0.5, 0.6) is 0 Å². The normalized spacial score (nSPS) is 12.8. The molecule has 0 saturated heterocycles. The maximum absolute atomic E-state index is 4.45. The standard InChI is InChI=1S/C20H22N2/c1-14(2)19-9-10-20(22-13-19)15(3)21-12-16-7-8-17-5-4-6-18(17)11-16/h7-11,13,21H,1,3-6,12H2,2H3. The number of hydrogen-bond acceptors (Lipinski definition) is 2. The first-order valence-electron chi connectivity index (χ1n) is 7.79. The zero-order valence-electron chi connectivity index (χ0n) is 13.2. The quantitative estimate of drug-likeness (QED) is 0.884. The highest BCUT2D eigenvalue weighted by molar-refractivity contribution is 5.64. The molecule has 0 unspecified atom stereocenters. The van der Waals surface area contributed by atoms with E-state index in [1.807, 2.05) is 25.3 Å². The number of rotatable bonds is 5. The first-order valence-corrected chi connectivity index (χ1v) is 7.79. The first-order chi connectivity index (χ1) is 10.6. The highest BCUT2D eigenvalue weighted by Gasteiger charge is 2.10. The van der Waals surface area contributed by atoms with Gasteiger partial charge in [0, 0.05) is 12.7 Å². The molecular formula is C20H22N2. The minimum atomic E-state index is 0.788. The van der Waals surface area contributed by atoms with E-state index in [1.54, 1.807) is 0 Å². The number of benzene rings is 1. The number of aromatic nitrogens is 1. The number of nitrogens with one attached hydrogen (secondary N) is 1. The summed E-state index contributed by atoms with van der Waals surface area (Å²) >= 11 is 0. The summed E-state index contributed by atoms with van der Waals surface area (Å²) in [4.78, 5) is 4.45. The predicted octanol–water partition coefficient (Wildman–Crippen LogP) is 4.36. The second-order valence-electron chi connectivity index (χ2n) is 6.00. The summed E-state index contributed by atoms with van der Waals surface area (Å²) in [5.41, 5.74) is 8.15. The molecule has 2 heteroatoms. The molecule has 1 aromatic carbocycles. The number of aryl methyl sites for hydroxylation is 2. The van der Waals surface area contributed by atoms with Crippen molar-refractivity contribution in [2.24, 2.45) is 0 Å². The Balaban J connectivity index is 1.63. The summed E-state index contributed by atoms with van der Waals surface area (Å²) in [7, 11) is 0. The molecular weight excluding hydrogens is 268 g/mol. The lowest BCUT2D eigenvalue weighted by atomic mass is 10.1. The van der Waals surface area contributed by atoms with E-state index in [9.17, 15) is 0 Å². The zero-order valence-corrected chi connectivity index (χ0v) is 13.2. The second-order valence-corrected chi connectivity index (χ2v) is 6.00. The Labute approximate surface area is 132 Å². The van der Waals surface area contributed by atoms with Gasteiger partial charge in [-0.15, -0.1) is 0 Å². The van der Waals surface area contributed by atoms with Gasteiger partial charge in [-0.05, 0) is 60.1 Å². The van der Waals surface area contributed by atoms with Gasteiger partial charge in [-0.2, -0.15) is 0 Å². The number of fused-ring (bicyclic) bond motifs is 1. The summed E-state index contributed by atoms with van der Waals surface area (Å²) in [5.74, 6) is 0. The van der Waals surface area contributed by atoms with E-state index < -0.39 is 0 Å². The lowest BCUT2D eigenvalue weighted by Gasteiger charge is -2.11. The van der Waals surface area contributed by atoms with Crippen LogP contribution >= 0.6 is 0 Å². The molecule has 2 aromatic rings. The fourth-order valence-electron chi connectivity index (χ4n) is 2.86. The molecule has 0 fully saturated rings. The Morgan fingerprint density at radius 1 is 1.14 bits per heavy atom. The van der Waals surface area contributed by atoms with E-state index in [-0.39, 0.29) is 0 Å². The third-order valence-electron chi connectivity index (χ3n) is 4.23. The molecule has 1 aliphatic carbocycles. The van der Waals surface area contributed by atoms with Gasteiger partial charge in [-0.3, -0.25) is 4.98 Å². The van der Waals surface area contributed by atoms with Crippen LogP contribution in [0, 0.1) is 0 Å². The van der Waals surface area contributed by atoms with Crippen LogP contribution in [0.3, 0.4) is 0 Å². The molecule has 0 atom stereocenters. The molecule has 1 aromatic heterocycles. The molecule has 1 heterocycles. The van der Waals surface area contributed by atoms with Crippen LogP contribution in [0.4, 0.5) is 0 Å². The van der Waals surface area contributed by atoms with Gasteiger partial charge >= 0.3 is 0 Å². The number of allylic oxidation sites excluding steroid dienone is 1. The van der Waals surface area contributed by atoms with Crippen LogP contribution < -0.4 is 5.32 Å². The highest BCUT2D eigenvalue weighted by Crippen LogP contribution is 2.23. The van der Waals surface area contributed by atoms with Crippen molar-refractivity contribution in [2.45, 2.75) is 32.7 Å². The van der Waals surface area contributed by atoms with Gasteiger partial charge in [0.15, 0.2) is 0 Å². The van der Waals surface area contributed by atoms with Crippen LogP contribution in [0.15, 0.2) is 49.7 Å². The van der Waals surface area contributed by atoms with Crippen LogP contribution in [0.1, 0.15) is 41.3 Å². The molecule has 0 spiro atoms. The summed E-state index contributed by atoms with van der Waals surface area (Å²) in [6.45, 7) is 10.8. The van der Waals surface area contributed by atoms with Gasteiger partial charge in [0.05, 0.1) is 11.4 Å². The van der Waals surface area contributed by atoms with Gasteiger partial charge in [0.25, 0.3) is 0 Å². The van der Waals surface area contributed by atoms with Crippen molar-refractivity contribution >= 4 is 11.3 Å². The third kappa shape index (κ3) is 3.11. The van der Waals surface area contributed by atoms with Gasteiger partial charge in [-0.1, -0.05) is 37.4 Å². The Kier molecular flexibility index (Phi) is 4.10. The topological polar surface area (TPSA) is 24.9 Å². The smallest absolute Gasteiger partial charge is 0.0855 e. The molecule has 112 valence electrons. The van der Waals surface area contributed by atoms with Crippen LogP contribution in [-0.4, -0.2) is 4.98 Å². The fraction of sp³-hybridized carbons (Fsp3) is 0.250. The van der Waals surface area contributed by atoms with E-state index in [0.29, 0.717) is 0 Å². The van der Waals surface area contributed by atoms with Crippen molar-refractivity contribution in [2.75, 3.05) is 0 Å². The van der Waals surface area contributed by atoms with Gasteiger partial charge in [0.2, 0.25) is 0 Å². The van der Waals surface area contributed by atoms with Crippen LogP contribution in [0.2, 0.25) is 0 Å². The molecule has 22 heavy (non-hydrogen) atoms. The van der Waals surface area contributed by atoms with Crippen molar-refractivity contribution in [3.05, 3.63) is 77.6 Å². The van der Waals surface area contributed by atoms with Crippen LogP contribution in [0.25, 0.3) is 11.3 Å². The predicted molar refractivity (Wildman–Crippen MR) is 93.3 cm³/mol. The summed E-state index contributed by atoms with van der Waals surface area (Å²) in [5, 5.41) is 3.38. The Bertz CT molecular complexity index is 711. The summed E-state index contributed by atoms with van der Waals surface area (Å²) in [6, 6.07) is 10.8. The van der Waals surface area contributed by atoms with E-state index in [0.717, 1.165) is 29.1 Å². The molecule has 0 amide bonds. The fourth-order valence-corrected chi connectivity index (χ4v) is 2.86. The summed E-state index contributed by atoms with van der Waals surface area (Å²) < 4.78 is 0. The van der Waals surface area contributed by atoms with Crippen molar-refractivity contribution < 1.29 is 0 Å². The van der Waals surface area contributed by atoms with Crippen molar-refractivity contribution in [1.29, 1.82) is 0 Å². The van der Waals surface area contributed by atoms with Crippen LogP contribution in [-0.2, 0) is 19.4 Å². The van der Waals surface area contributed by atoms with E-state index in [4.69, 9.17) is 0 Å². The molecule has 1 aliphatic rings. The van der Waals surface area contributed by atoms with E-state index in [2.05, 4.69) is 41.7 Å². The maximum atomic E-state index is 4.45. The average Bonchev–Trinajstić information content (AvgIpc) is 3.00. The van der Waals surface area contributed by atoms with Gasteiger partial charge < -0.3 is 5.32 Å². The van der Waals surface area contributed by atoms with Crippen molar-refractivity contribution in [1.82, 2.24) is 10.3 Å². The highest BCUT2D eigenvalue weighted by atomic mass is 14.9. The SMILES string of the molecule is C=C(C)c1ccc(C(=C)NCc2ccc3c(c2)CCC3)nc1. The minimum Gasteiger partial charge on any atom is -0.380 e. The zero-order chi connectivity index (χ0) is 15.5. The van der Waals surface area contributed by atoms with Crippen molar-refractivity contribution in [3.8, 4) is 0 Å². The molecule has 2 nitrogen and oxygen atoms in total. The van der Waals surface area contributed by atoms with E-state index >= 15 is 0 Å². The lowest BCUT2D eigenvalue weighted by molar-refractivity contribution is 0.881. The maximum Gasteiger partial charge on any atom is 0.0855 e. The molecule has 0 radical (unpaired) electrons. The minimum absolute atomic E-state index is 0.788. The van der Waals surface area contributed by atoms with Crippen molar-refractivity contribution in [3.63, 3.8) is 0 Å². The Morgan fingerprint density at radius 3 is 2.68 bits per heavy atom. The molecule has 1 N–H and O–H groups in total. The molecule has 0 bridgehead atoms. The molecule has 3 rings (SSSR count). The Morgan fingerprint density at radius 2 is 1.95 bits per heavy atom. The third-order valence-corrected chi connectivity index (χ3v) is 4.23. The monoisotopic (exact) mass is 290 g/mol. The largest absolute Gasteiger partial charge is 0.380 e. The van der Waals surface area contributed by atoms with E-state index in [1.165, 1.54) is 36.0 Å². The number of nitrogens with zero attached hydrogens (tertiary/aromatic N) is 1. The van der Waals surface area contributed by atoms with Gasteiger partial charge in [-0.25, -0.2) is 0 Å². The van der Waals surface area contributed by atoms with Gasteiger partial charge in [0.1, 0.15) is 0 Å². The summed E-state index contributed by atoms with van der Waals surface area (Å²) in [6.07, 6.45) is 5.58. The lowest BCUT2D eigenvalue weighted by Crippen LogP contribution is -2.12.